The Hall–Kier alpha value is -2.47. The summed E-state index contributed by atoms with van der Waals surface area (Å²) < 4.78 is 1.33. The lowest BCUT2D eigenvalue weighted by atomic mass is 10.0. The van der Waals surface area contributed by atoms with E-state index in [2.05, 4.69) is 4.98 Å². The van der Waals surface area contributed by atoms with Gasteiger partial charge < -0.3 is 0 Å². The fraction of sp³-hybridized carbons (Fsp3) is 0.0952. The number of rotatable bonds is 4. The third kappa shape index (κ3) is 3.37. The number of benzene rings is 2. The fourth-order valence-corrected chi connectivity index (χ4v) is 4.68. The summed E-state index contributed by atoms with van der Waals surface area (Å²) >= 11 is 13.5. The van der Waals surface area contributed by atoms with E-state index < -0.39 is 0 Å². The van der Waals surface area contributed by atoms with Crippen molar-refractivity contribution < 1.29 is 4.79 Å². The van der Waals surface area contributed by atoms with Crippen LogP contribution in [0.25, 0.3) is 21.3 Å². The molecule has 0 aliphatic heterocycles. The minimum absolute atomic E-state index is 0.147. The number of thiophene rings is 1. The van der Waals surface area contributed by atoms with Crippen molar-refractivity contribution in [1.82, 2.24) is 9.55 Å². The van der Waals surface area contributed by atoms with Crippen molar-refractivity contribution in [1.29, 1.82) is 0 Å². The van der Waals surface area contributed by atoms with E-state index in [0.717, 1.165) is 16.0 Å². The molecule has 4 rings (SSSR count). The summed E-state index contributed by atoms with van der Waals surface area (Å²) in [6.07, 6.45) is 1.41. The van der Waals surface area contributed by atoms with Crippen LogP contribution in [0.3, 0.4) is 0 Å². The van der Waals surface area contributed by atoms with E-state index in [1.54, 1.807) is 12.1 Å². The first kappa shape index (κ1) is 18.9. The van der Waals surface area contributed by atoms with Gasteiger partial charge in [-0.1, -0.05) is 53.5 Å². The Morgan fingerprint density at radius 2 is 1.89 bits per heavy atom. The highest BCUT2D eigenvalue weighted by molar-refractivity contribution is 7.19. The van der Waals surface area contributed by atoms with Crippen LogP contribution in [0, 0.1) is 6.92 Å². The summed E-state index contributed by atoms with van der Waals surface area (Å²) in [5.74, 6) is -0.280. The van der Waals surface area contributed by atoms with Crippen molar-refractivity contribution in [3.05, 3.63) is 85.7 Å². The van der Waals surface area contributed by atoms with E-state index in [-0.39, 0.29) is 22.9 Å². The van der Waals surface area contributed by atoms with Gasteiger partial charge in [0.05, 0.1) is 23.3 Å². The second-order valence-corrected chi connectivity index (χ2v) is 8.35. The fourth-order valence-electron chi connectivity index (χ4n) is 3.16. The molecule has 7 heteroatoms. The maximum Gasteiger partial charge on any atom is 0.263 e. The number of hydrogen-bond donors (Lipinski definition) is 0. The Balaban J connectivity index is 1.80. The average Bonchev–Trinajstić information content (AvgIpc) is 3.01. The molecule has 2 aromatic heterocycles. The summed E-state index contributed by atoms with van der Waals surface area (Å²) in [4.78, 5) is 31.9. The first-order valence-electron chi connectivity index (χ1n) is 8.48. The number of carbonyl (C=O) groups excluding carboxylic acids is 1. The van der Waals surface area contributed by atoms with E-state index in [1.807, 2.05) is 37.3 Å². The molecule has 4 nitrogen and oxygen atoms in total. The molecule has 0 fully saturated rings. The number of fused-ring (bicyclic) bond motifs is 1. The number of aromatic nitrogens is 2. The number of carbonyl (C=O) groups is 1. The SMILES string of the molecule is Cc1sc2ncn(CC(=O)c3ccc(Cl)cc3Cl)c(=O)c2c1-c1ccccc1. The van der Waals surface area contributed by atoms with Gasteiger partial charge in [0, 0.05) is 21.0 Å². The molecule has 2 heterocycles. The average molecular weight is 429 g/mol. The van der Waals surface area contributed by atoms with E-state index in [4.69, 9.17) is 23.2 Å². The first-order valence-corrected chi connectivity index (χ1v) is 10.0. The highest BCUT2D eigenvalue weighted by Gasteiger charge is 2.18. The molecule has 0 unspecified atom stereocenters. The smallest absolute Gasteiger partial charge is 0.263 e. The monoisotopic (exact) mass is 428 g/mol. The Morgan fingerprint density at radius 1 is 1.14 bits per heavy atom. The van der Waals surface area contributed by atoms with Gasteiger partial charge in [0.2, 0.25) is 0 Å². The Labute approximate surface area is 175 Å². The number of halogens is 2. The van der Waals surface area contributed by atoms with Gasteiger partial charge in [-0.05, 0) is 30.7 Å². The van der Waals surface area contributed by atoms with Gasteiger partial charge in [0.1, 0.15) is 4.83 Å². The maximum atomic E-state index is 13.2. The molecule has 0 saturated carbocycles. The van der Waals surface area contributed by atoms with Gasteiger partial charge in [-0.25, -0.2) is 4.98 Å². The highest BCUT2D eigenvalue weighted by atomic mass is 35.5. The van der Waals surface area contributed by atoms with Crippen LogP contribution < -0.4 is 5.56 Å². The lowest BCUT2D eigenvalue weighted by molar-refractivity contribution is 0.0971. The largest absolute Gasteiger partial charge is 0.292 e. The molecule has 28 heavy (non-hydrogen) atoms. The minimum Gasteiger partial charge on any atom is -0.292 e. The lowest BCUT2D eigenvalue weighted by Gasteiger charge is -2.07. The summed E-state index contributed by atoms with van der Waals surface area (Å²) in [5.41, 5.74) is 1.90. The van der Waals surface area contributed by atoms with Gasteiger partial charge in [0.15, 0.2) is 5.78 Å². The first-order chi connectivity index (χ1) is 13.5. The second-order valence-electron chi connectivity index (χ2n) is 6.30. The zero-order chi connectivity index (χ0) is 19.8. The van der Waals surface area contributed by atoms with Crippen molar-refractivity contribution in [3.63, 3.8) is 0 Å². The summed E-state index contributed by atoms with van der Waals surface area (Å²) in [6, 6.07) is 14.4. The van der Waals surface area contributed by atoms with Crippen LogP contribution in [-0.4, -0.2) is 15.3 Å². The van der Waals surface area contributed by atoms with Gasteiger partial charge in [0.25, 0.3) is 5.56 Å². The Morgan fingerprint density at radius 3 is 2.61 bits per heavy atom. The molecule has 4 aromatic rings. The predicted octanol–water partition coefficient (Wildman–Crippen LogP) is 5.62. The van der Waals surface area contributed by atoms with E-state index in [1.165, 1.54) is 28.3 Å². The molecule has 0 bridgehead atoms. The summed E-state index contributed by atoms with van der Waals surface area (Å²) in [6.45, 7) is 1.82. The van der Waals surface area contributed by atoms with Crippen LogP contribution in [0.4, 0.5) is 0 Å². The molecule has 0 amide bonds. The van der Waals surface area contributed by atoms with Crippen molar-refractivity contribution >= 4 is 50.5 Å². The van der Waals surface area contributed by atoms with Gasteiger partial charge >= 0.3 is 0 Å². The highest BCUT2D eigenvalue weighted by Crippen LogP contribution is 2.35. The Kier molecular flexibility index (Phi) is 5.06. The van der Waals surface area contributed by atoms with Gasteiger partial charge in [-0.15, -0.1) is 11.3 Å². The van der Waals surface area contributed by atoms with E-state index in [9.17, 15) is 9.59 Å². The van der Waals surface area contributed by atoms with Gasteiger partial charge in [-0.3, -0.25) is 14.2 Å². The molecular weight excluding hydrogens is 415 g/mol. The molecular formula is C21H14Cl2N2O2S. The standard InChI is InChI=1S/C21H14Cl2N2O2S/c1-12-18(13-5-3-2-4-6-13)19-20(28-12)24-11-25(21(19)27)10-17(26)15-8-7-14(22)9-16(15)23/h2-9,11H,10H2,1H3. The van der Waals surface area contributed by atoms with Crippen molar-refractivity contribution in [2.75, 3.05) is 0 Å². The molecule has 0 aliphatic rings. The van der Waals surface area contributed by atoms with Crippen LogP contribution in [0.15, 0.2) is 59.7 Å². The molecule has 140 valence electrons. The molecule has 0 aliphatic carbocycles. The van der Waals surface area contributed by atoms with E-state index >= 15 is 0 Å². The molecule has 0 N–H and O–H groups in total. The second kappa shape index (κ2) is 7.51. The van der Waals surface area contributed by atoms with Crippen molar-refractivity contribution in [3.8, 4) is 11.1 Å². The topological polar surface area (TPSA) is 52.0 Å². The predicted molar refractivity (Wildman–Crippen MR) is 115 cm³/mol. The zero-order valence-electron chi connectivity index (χ0n) is 14.8. The van der Waals surface area contributed by atoms with Crippen LogP contribution in [0.2, 0.25) is 10.0 Å². The quantitative estimate of drug-likeness (QED) is 0.396. The molecule has 0 spiro atoms. The number of hydrogen-bond acceptors (Lipinski definition) is 4. The third-order valence-electron chi connectivity index (χ3n) is 4.46. The number of nitrogens with zero attached hydrogens (tertiary/aromatic N) is 2. The molecule has 0 radical (unpaired) electrons. The minimum atomic E-state index is -0.280. The number of Topliss-reactive ketones (excluding diaryl/α,β-unsaturated/α-hetero) is 1. The van der Waals surface area contributed by atoms with Gasteiger partial charge in [-0.2, -0.15) is 0 Å². The Bertz CT molecular complexity index is 1260. The van der Waals surface area contributed by atoms with Crippen molar-refractivity contribution in [2.24, 2.45) is 0 Å². The summed E-state index contributed by atoms with van der Waals surface area (Å²) in [7, 11) is 0. The van der Waals surface area contributed by atoms with E-state index in [0.29, 0.717) is 20.8 Å². The van der Waals surface area contributed by atoms with Crippen molar-refractivity contribution in [2.45, 2.75) is 13.5 Å². The molecule has 0 saturated heterocycles. The number of ketones is 1. The normalized spacial score (nSPS) is 11.1. The van der Waals surface area contributed by atoms with Crippen LogP contribution in [0.5, 0.6) is 0 Å². The lowest BCUT2D eigenvalue weighted by Crippen LogP contribution is -2.24. The third-order valence-corrected chi connectivity index (χ3v) is 6.02. The maximum absolute atomic E-state index is 13.2. The summed E-state index contributed by atoms with van der Waals surface area (Å²) in [5, 5.41) is 1.24. The number of aryl methyl sites for hydroxylation is 1. The zero-order valence-corrected chi connectivity index (χ0v) is 17.1. The van der Waals surface area contributed by atoms with Crippen LogP contribution in [-0.2, 0) is 6.54 Å². The van der Waals surface area contributed by atoms with Crippen LogP contribution in [0.1, 0.15) is 15.2 Å². The molecule has 0 atom stereocenters. The van der Waals surface area contributed by atoms with Crippen LogP contribution >= 0.6 is 34.5 Å². The molecule has 2 aromatic carbocycles.